The number of carbonyl (C=O) groups is 1. The van der Waals surface area contributed by atoms with Crippen LogP contribution < -0.4 is 10.9 Å². The smallest absolute Gasteiger partial charge is 0.263 e. The lowest BCUT2D eigenvalue weighted by Gasteiger charge is -2.34. The minimum absolute atomic E-state index is 0.0540. The first kappa shape index (κ1) is 23.4. The summed E-state index contributed by atoms with van der Waals surface area (Å²) in [6.45, 7) is 6.55. The van der Waals surface area contributed by atoms with Crippen molar-refractivity contribution in [2.75, 3.05) is 13.1 Å². The SMILES string of the molecule is Cc1sc2ncn(CC(=O)NC3CCCCC3)c(=O)c2c1S(=O)(=O)N1C[C@H](C)C[C@@H](C)C1. The van der Waals surface area contributed by atoms with Crippen molar-refractivity contribution in [2.45, 2.75) is 76.8 Å². The van der Waals surface area contributed by atoms with Gasteiger partial charge in [0.15, 0.2) is 0 Å². The molecule has 2 aliphatic rings. The number of nitrogens with zero attached hydrogens (tertiary/aromatic N) is 3. The summed E-state index contributed by atoms with van der Waals surface area (Å²) in [6.07, 6.45) is 7.63. The molecule has 10 heteroatoms. The molecule has 2 fully saturated rings. The molecule has 3 heterocycles. The van der Waals surface area contributed by atoms with Crippen molar-refractivity contribution >= 4 is 37.5 Å². The minimum atomic E-state index is -3.84. The van der Waals surface area contributed by atoms with Crippen molar-refractivity contribution < 1.29 is 13.2 Å². The van der Waals surface area contributed by atoms with E-state index in [0.29, 0.717) is 22.8 Å². The van der Waals surface area contributed by atoms with Crippen LogP contribution in [0, 0.1) is 18.8 Å². The summed E-state index contributed by atoms with van der Waals surface area (Å²) < 4.78 is 29.9. The molecule has 4 rings (SSSR count). The molecule has 2 aromatic heterocycles. The van der Waals surface area contributed by atoms with E-state index < -0.39 is 15.6 Å². The van der Waals surface area contributed by atoms with Gasteiger partial charge in [0.1, 0.15) is 16.3 Å². The monoisotopic (exact) mass is 480 g/mol. The number of rotatable bonds is 5. The lowest BCUT2D eigenvalue weighted by molar-refractivity contribution is -0.122. The molecule has 1 aliphatic carbocycles. The first-order valence-corrected chi connectivity index (χ1v) is 13.7. The molecule has 0 aromatic carbocycles. The van der Waals surface area contributed by atoms with E-state index in [1.165, 1.54) is 33.0 Å². The van der Waals surface area contributed by atoms with Crippen molar-refractivity contribution in [2.24, 2.45) is 11.8 Å². The Hall–Kier alpha value is -1.78. The van der Waals surface area contributed by atoms with Gasteiger partial charge in [-0.2, -0.15) is 4.31 Å². The van der Waals surface area contributed by atoms with Crippen LogP contribution in [-0.2, 0) is 21.4 Å². The summed E-state index contributed by atoms with van der Waals surface area (Å²) in [5.74, 6) is 0.282. The summed E-state index contributed by atoms with van der Waals surface area (Å²) in [7, 11) is -3.84. The van der Waals surface area contributed by atoms with E-state index in [0.717, 1.165) is 32.1 Å². The Labute approximate surface area is 193 Å². The van der Waals surface area contributed by atoms with Crippen LogP contribution in [0.3, 0.4) is 0 Å². The fourth-order valence-electron chi connectivity index (χ4n) is 5.14. The lowest BCUT2D eigenvalue weighted by Crippen LogP contribution is -2.43. The Morgan fingerprint density at radius 1 is 1.19 bits per heavy atom. The number of aryl methyl sites for hydroxylation is 1. The Balaban J connectivity index is 1.66. The van der Waals surface area contributed by atoms with Crippen LogP contribution in [0.15, 0.2) is 16.0 Å². The van der Waals surface area contributed by atoms with E-state index in [1.54, 1.807) is 6.92 Å². The first-order chi connectivity index (χ1) is 15.2. The number of aromatic nitrogens is 2. The van der Waals surface area contributed by atoms with Crippen LogP contribution in [0.5, 0.6) is 0 Å². The average Bonchev–Trinajstić information content (AvgIpc) is 3.07. The highest BCUT2D eigenvalue weighted by atomic mass is 32.2. The number of hydrogen-bond donors (Lipinski definition) is 1. The highest BCUT2D eigenvalue weighted by Crippen LogP contribution is 2.35. The molecule has 2 atom stereocenters. The maximum absolute atomic E-state index is 13.6. The maximum atomic E-state index is 13.6. The first-order valence-electron chi connectivity index (χ1n) is 11.4. The molecule has 1 saturated heterocycles. The Morgan fingerprint density at radius 2 is 1.84 bits per heavy atom. The van der Waals surface area contributed by atoms with Crippen LogP contribution >= 0.6 is 11.3 Å². The Bertz CT molecular complexity index is 1150. The van der Waals surface area contributed by atoms with Gasteiger partial charge >= 0.3 is 0 Å². The number of nitrogens with one attached hydrogen (secondary N) is 1. The van der Waals surface area contributed by atoms with Gasteiger partial charge in [-0.15, -0.1) is 11.3 Å². The second-order valence-electron chi connectivity index (χ2n) is 9.52. The van der Waals surface area contributed by atoms with Crippen molar-refractivity contribution in [1.29, 1.82) is 0 Å². The van der Waals surface area contributed by atoms with E-state index >= 15 is 0 Å². The molecule has 0 radical (unpaired) electrons. The van der Waals surface area contributed by atoms with Crippen LogP contribution in [-0.4, -0.2) is 47.3 Å². The number of fused-ring (bicyclic) bond motifs is 1. The van der Waals surface area contributed by atoms with Gasteiger partial charge in [0.2, 0.25) is 15.9 Å². The lowest BCUT2D eigenvalue weighted by atomic mass is 9.94. The van der Waals surface area contributed by atoms with Crippen LogP contribution in [0.25, 0.3) is 10.2 Å². The summed E-state index contributed by atoms with van der Waals surface area (Å²) >= 11 is 1.21. The second kappa shape index (κ2) is 9.23. The summed E-state index contributed by atoms with van der Waals surface area (Å²) in [5, 5.41) is 3.11. The molecule has 1 saturated carbocycles. The van der Waals surface area contributed by atoms with Crippen molar-refractivity contribution in [3.63, 3.8) is 0 Å². The molecule has 0 spiro atoms. The number of carbonyl (C=O) groups excluding carboxylic acids is 1. The molecule has 1 aliphatic heterocycles. The molecule has 176 valence electrons. The van der Waals surface area contributed by atoms with Gasteiger partial charge in [0.25, 0.3) is 5.56 Å². The fraction of sp³-hybridized carbons (Fsp3) is 0.682. The number of hydrogen-bond acceptors (Lipinski definition) is 6. The Morgan fingerprint density at radius 3 is 2.50 bits per heavy atom. The summed E-state index contributed by atoms with van der Waals surface area (Å²) in [5.41, 5.74) is -0.477. The molecule has 0 bridgehead atoms. The number of piperidine rings is 1. The zero-order valence-electron chi connectivity index (χ0n) is 19.0. The molecule has 32 heavy (non-hydrogen) atoms. The third kappa shape index (κ3) is 4.63. The molecule has 1 amide bonds. The molecular formula is C22H32N4O4S2. The largest absolute Gasteiger partial charge is 0.352 e. The average molecular weight is 481 g/mol. The maximum Gasteiger partial charge on any atom is 0.263 e. The third-order valence-electron chi connectivity index (χ3n) is 6.52. The second-order valence-corrected chi connectivity index (χ2v) is 12.6. The Kier molecular flexibility index (Phi) is 6.74. The number of amides is 1. The van der Waals surface area contributed by atoms with Gasteiger partial charge in [0.05, 0.1) is 11.7 Å². The topological polar surface area (TPSA) is 101 Å². The molecular weight excluding hydrogens is 448 g/mol. The zero-order valence-corrected chi connectivity index (χ0v) is 20.6. The van der Waals surface area contributed by atoms with Crippen LogP contribution in [0.1, 0.15) is 57.2 Å². The standard InChI is InChI=1S/C22H32N4O4S2/c1-14-9-15(2)11-26(10-14)32(29,30)20-16(3)31-21-19(20)22(28)25(13-23-21)12-18(27)24-17-7-5-4-6-8-17/h13-15,17H,4-12H2,1-3H3,(H,24,27)/t14-,15-/m1/s1. The summed E-state index contributed by atoms with van der Waals surface area (Å²) in [6, 6.07) is 0.144. The zero-order chi connectivity index (χ0) is 23.0. The van der Waals surface area contributed by atoms with Gasteiger partial charge in [-0.05, 0) is 38.0 Å². The van der Waals surface area contributed by atoms with E-state index in [2.05, 4.69) is 24.1 Å². The fourth-order valence-corrected chi connectivity index (χ4v) is 8.49. The van der Waals surface area contributed by atoms with Gasteiger partial charge < -0.3 is 5.32 Å². The van der Waals surface area contributed by atoms with E-state index in [9.17, 15) is 18.0 Å². The van der Waals surface area contributed by atoms with E-state index in [1.807, 2.05) is 0 Å². The predicted octanol–water partition coefficient (Wildman–Crippen LogP) is 2.88. The number of sulfonamides is 1. The van der Waals surface area contributed by atoms with Crippen molar-refractivity contribution in [3.8, 4) is 0 Å². The van der Waals surface area contributed by atoms with Gasteiger partial charge in [0, 0.05) is 24.0 Å². The number of thiophene rings is 1. The molecule has 1 N–H and O–H groups in total. The van der Waals surface area contributed by atoms with Crippen molar-refractivity contribution in [1.82, 2.24) is 19.2 Å². The van der Waals surface area contributed by atoms with Gasteiger partial charge in [-0.1, -0.05) is 33.1 Å². The van der Waals surface area contributed by atoms with E-state index in [4.69, 9.17) is 0 Å². The molecule has 8 nitrogen and oxygen atoms in total. The van der Waals surface area contributed by atoms with Crippen LogP contribution in [0.2, 0.25) is 0 Å². The van der Waals surface area contributed by atoms with Crippen LogP contribution in [0.4, 0.5) is 0 Å². The minimum Gasteiger partial charge on any atom is -0.352 e. The molecule has 0 unspecified atom stereocenters. The quantitative estimate of drug-likeness (QED) is 0.709. The normalized spacial score (nSPS) is 23.5. The van der Waals surface area contributed by atoms with E-state index in [-0.39, 0.29) is 40.6 Å². The van der Waals surface area contributed by atoms with Crippen molar-refractivity contribution in [3.05, 3.63) is 21.6 Å². The summed E-state index contributed by atoms with van der Waals surface area (Å²) in [4.78, 5) is 31.2. The van der Waals surface area contributed by atoms with Gasteiger partial charge in [-0.25, -0.2) is 13.4 Å². The third-order valence-corrected chi connectivity index (χ3v) is 9.66. The highest BCUT2D eigenvalue weighted by Gasteiger charge is 2.36. The predicted molar refractivity (Wildman–Crippen MR) is 125 cm³/mol. The molecule has 2 aromatic rings. The highest BCUT2D eigenvalue weighted by molar-refractivity contribution is 7.89. The van der Waals surface area contributed by atoms with Gasteiger partial charge in [-0.3, -0.25) is 14.2 Å².